The van der Waals surface area contributed by atoms with Crippen molar-refractivity contribution in [3.8, 4) is 0 Å². The first-order valence-electron chi connectivity index (χ1n) is 9.37. The Labute approximate surface area is 160 Å². The minimum absolute atomic E-state index is 0.0894. The molecule has 0 aliphatic carbocycles. The summed E-state index contributed by atoms with van der Waals surface area (Å²) in [5, 5.41) is 7.34. The number of nitrogens with zero attached hydrogens (tertiary/aromatic N) is 2. The summed E-state index contributed by atoms with van der Waals surface area (Å²) in [6.45, 7) is 8.28. The Morgan fingerprint density at radius 3 is 2.33 bits per heavy atom. The van der Waals surface area contributed by atoms with Gasteiger partial charge < -0.3 is 5.32 Å². The fraction of sp³-hybridized carbons (Fsp3) is 0.500. The van der Waals surface area contributed by atoms with E-state index >= 15 is 0 Å². The third kappa shape index (κ3) is 4.40. The molecule has 1 atom stereocenters. The highest BCUT2D eigenvalue weighted by Gasteiger charge is 2.32. The normalized spacial score (nSPS) is 19.0. The molecular formula is C20H27N3O3S. The summed E-state index contributed by atoms with van der Waals surface area (Å²) in [5.74, 6) is 0.563. The van der Waals surface area contributed by atoms with Gasteiger partial charge in [0.1, 0.15) is 0 Å². The van der Waals surface area contributed by atoms with Crippen LogP contribution in [0.3, 0.4) is 0 Å². The highest BCUT2D eigenvalue weighted by molar-refractivity contribution is 7.91. The lowest BCUT2D eigenvalue weighted by Gasteiger charge is -2.15. The molecule has 1 aromatic carbocycles. The van der Waals surface area contributed by atoms with E-state index in [-0.39, 0.29) is 29.4 Å². The van der Waals surface area contributed by atoms with Crippen molar-refractivity contribution in [2.75, 3.05) is 16.8 Å². The molecule has 0 radical (unpaired) electrons. The highest BCUT2D eigenvalue weighted by atomic mass is 32.2. The van der Waals surface area contributed by atoms with Crippen molar-refractivity contribution in [3.05, 3.63) is 47.3 Å². The minimum Gasteiger partial charge on any atom is -0.321 e. The second kappa shape index (κ2) is 7.46. The zero-order valence-electron chi connectivity index (χ0n) is 16.3. The van der Waals surface area contributed by atoms with Crippen LogP contribution in [0, 0.1) is 0 Å². The number of sulfone groups is 1. The minimum atomic E-state index is -3.02. The number of rotatable bonds is 5. The van der Waals surface area contributed by atoms with Gasteiger partial charge in [-0.1, -0.05) is 39.8 Å². The van der Waals surface area contributed by atoms with Crippen LogP contribution in [0.4, 0.5) is 5.69 Å². The Kier molecular flexibility index (Phi) is 5.42. The molecule has 1 aliphatic heterocycles. The van der Waals surface area contributed by atoms with Gasteiger partial charge in [-0.15, -0.1) is 0 Å². The van der Waals surface area contributed by atoms with Crippen molar-refractivity contribution >= 4 is 21.4 Å². The highest BCUT2D eigenvalue weighted by Crippen LogP contribution is 2.28. The summed E-state index contributed by atoms with van der Waals surface area (Å²) in [6.07, 6.45) is 0.543. The molecule has 0 bridgehead atoms. The van der Waals surface area contributed by atoms with Gasteiger partial charge in [0.05, 0.1) is 17.5 Å². The summed E-state index contributed by atoms with van der Waals surface area (Å²) >= 11 is 0. The molecule has 6 nitrogen and oxygen atoms in total. The van der Waals surface area contributed by atoms with Crippen LogP contribution >= 0.6 is 0 Å². The van der Waals surface area contributed by atoms with E-state index in [9.17, 15) is 13.2 Å². The van der Waals surface area contributed by atoms with Gasteiger partial charge in [-0.3, -0.25) is 9.48 Å². The quantitative estimate of drug-likeness (QED) is 0.845. The van der Waals surface area contributed by atoms with Crippen LogP contribution in [0.5, 0.6) is 0 Å². The molecule has 2 aromatic rings. The molecule has 146 valence electrons. The van der Waals surface area contributed by atoms with E-state index in [0.29, 0.717) is 23.7 Å². The lowest BCUT2D eigenvalue weighted by molar-refractivity contribution is 0.102. The van der Waals surface area contributed by atoms with Gasteiger partial charge in [-0.2, -0.15) is 5.10 Å². The standard InChI is InChI=1S/C20H27N3O3S/c1-13(2)15-5-7-16(8-6-15)21-20(24)18-11-19(14(3)4)23(22-18)17-9-10-27(25,26)12-17/h5-8,11,13-14,17H,9-10,12H2,1-4H3,(H,21,24)/t17-/m1/s1. The van der Waals surface area contributed by atoms with Crippen molar-refractivity contribution in [1.29, 1.82) is 0 Å². The first kappa shape index (κ1) is 19.6. The average Bonchev–Trinajstić information content (AvgIpc) is 3.18. The van der Waals surface area contributed by atoms with Crippen molar-refractivity contribution in [3.63, 3.8) is 0 Å². The monoisotopic (exact) mass is 389 g/mol. The largest absolute Gasteiger partial charge is 0.321 e. The number of hydrogen-bond donors (Lipinski definition) is 1. The second-order valence-electron chi connectivity index (χ2n) is 7.84. The van der Waals surface area contributed by atoms with Crippen LogP contribution in [0.1, 0.15) is 73.7 Å². The van der Waals surface area contributed by atoms with Crippen molar-refractivity contribution in [2.24, 2.45) is 0 Å². The van der Waals surface area contributed by atoms with Crippen molar-refractivity contribution in [2.45, 2.75) is 52.0 Å². The summed E-state index contributed by atoms with van der Waals surface area (Å²) in [6, 6.07) is 9.35. The van der Waals surface area contributed by atoms with Gasteiger partial charge >= 0.3 is 0 Å². The van der Waals surface area contributed by atoms with Gasteiger partial charge in [0, 0.05) is 11.4 Å². The number of anilines is 1. The predicted octanol–water partition coefficient (Wildman–Crippen LogP) is 3.74. The molecule has 0 spiro atoms. The Morgan fingerprint density at radius 1 is 1.15 bits per heavy atom. The van der Waals surface area contributed by atoms with Crippen molar-refractivity contribution in [1.82, 2.24) is 9.78 Å². The molecule has 1 N–H and O–H groups in total. The predicted molar refractivity (Wildman–Crippen MR) is 107 cm³/mol. The zero-order chi connectivity index (χ0) is 19.8. The Morgan fingerprint density at radius 2 is 1.81 bits per heavy atom. The Hall–Kier alpha value is -2.15. The Bertz CT molecular complexity index is 928. The number of carbonyl (C=O) groups is 1. The number of amides is 1. The molecule has 0 saturated carbocycles. The molecule has 7 heteroatoms. The molecule has 27 heavy (non-hydrogen) atoms. The molecule has 1 saturated heterocycles. The first-order chi connectivity index (χ1) is 12.7. The topological polar surface area (TPSA) is 81.1 Å². The van der Waals surface area contributed by atoms with E-state index < -0.39 is 9.84 Å². The maximum absolute atomic E-state index is 12.7. The molecule has 1 aromatic heterocycles. The van der Waals surface area contributed by atoms with Gasteiger partial charge in [-0.05, 0) is 42.0 Å². The van der Waals surface area contributed by atoms with E-state index in [1.54, 1.807) is 10.7 Å². The van der Waals surface area contributed by atoms with Crippen LogP contribution in [-0.4, -0.2) is 35.6 Å². The molecule has 0 unspecified atom stereocenters. The van der Waals surface area contributed by atoms with Gasteiger partial charge in [0.2, 0.25) is 0 Å². The number of nitrogens with one attached hydrogen (secondary N) is 1. The van der Waals surface area contributed by atoms with E-state index in [2.05, 4.69) is 24.3 Å². The summed E-state index contributed by atoms with van der Waals surface area (Å²) in [4.78, 5) is 12.7. The van der Waals surface area contributed by atoms with Crippen LogP contribution < -0.4 is 5.32 Å². The van der Waals surface area contributed by atoms with E-state index in [4.69, 9.17) is 0 Å². The lowest BCUT2D eigenvalue weighted by atomic mass is 10.0. The zero-order valence-corrected chi connectivity index (χ0v) is 17.1. The summed E-state index contributed by atoms with van der Waals surface area (Å²) in [7, 11) is -3.02. The fourth-order valence-corrected chi connectivity index (χ4v) is 5.05. The SMILES string of the molecule is CC(C)c1ccc(NC(=O)c2cc(C(C)C)n([C@@H]3CCS(=O)(=O)C3)n2)cc1. The van der Waals surface area contributed by atoms with Crippen LogP contribution in [-0.2, 0) is 9.84 Å². The molecular weight excluding hydrogens is 362 g/mol. The third-order valence-corrected chi connectivity index (χ3v) is 6.73. The first-order valence-corrected chi connectivity index (χ1v) is 11.2. The Balaban J connectivity index is 1.81. The smallest absolute Gasteiger partial charge is 0.276 e. The lowest BCUT2D eigenvalue weighted by Crippen LogP contribution is -2.17. The maximum atomic E-state index is 12.7. The molecule has 1 fully saturated rings. The molecule has 2 heterocycles. The number of aromatic nitrogens is 2. The van der Waals surface area contributed by atoms with E-state index in [1.165, 1.54) is 5.56 Å². The summed E-state index contributed by atoms with van der Waals surface area (Å²) in [5.41, 5.74) is 3.13. The maximum Gasteiger partial charge on any atom is 0.276 e. The van der Waals surface area contributed by atoms with E-state index in [0.717, 1.165) is 5.69 Å². The molecule has 3 rings (SSSR count). The second-order valence-corrected chi connectivity index (χ2v) is 10.1. The molecule has 1 amide bonds. The summed E-state index contributed by atoms with van der Waals surface area (Å²) < 4.78 is 25.4. The molecule has 1 aliphatic rings. The average molecular weight is 390 g/mol. The third-order valence-electron chi connectivity index (χ3n) is 4.98. The van der Waals surface area contributed by atoms with Crippen LogP contribution in [0.25, 0.3) is 0 Å². The van der Waals surface area contributed by atoms with Gasteiger partial charge in [-0.25, -0.2) is 8.42 Å². The van der Waals surface area contributed by atoms with Crippen LogP contribution in [0.15, 0.2) is 30.3 Å². The van der Waals surface area contributed by atoms with Crippen LogP contribution in [0.2, 0.25) is 0 Å². The van der Waals surface area contributed by atoms with E-state index in [1.807, 2.05) is 38.1 Å². The van der Waals surface area contributed by atoms with Crippen molar-refractivity contribution < 1.29 is 13.2 Å². The fourth-order valence-electron chi connectivity index (χ4n) is 3.36. The number of carbonyl (C=O) groups excluding carboxylic acids is 1. The van der Waals surface area contributed by atoms with Gasteiger partial charge in [0.25, 0.3) is 5.91 Å². The van der Waals surface area contributed by atoms with Gasteiger partial charge in [0.15, 0.2) is 15.5 Å². The number of hydrogen-bond acceptors (Lipinski definition) is 4. The number of benzene rings is 1.